The number of rotatable bonds is 1. The maximum Gasteiger partial charge on any atom is 0.277 e. The quantitative estimate of drug-likeness (QED) is 0.671. The Morgan fingerprint density at radius 3 is 1.14 bits per heavy atom. The molecule has 0 fully saturated rings. The van der Waals surface area contributed by atoms with Gasteiger partial charge in [0.2, 0.25) is 0 Å². The third kappa shape index (κ3) is 2.75. The van der Waals surface area contributed by atoms with E-state index >= 15 is 0 Å². The van der Waals surface area contributed by atoms with Crippen molar-refractivity contribution >= 4 is 8.05 Å². The molecule has 0 aliphatic carbocycles. The molecular formula is C12H11BO. The van der Waals surface area contributed by atoms with Gasteiger partial charge in [0.15, 0.2) is 0 Å². The van der Waals surface area contributed by atoms with Crippen LogP contribution in [0.15, 0.2) is 60.7 Å². The van der Waals surface area contributed by atoms with E-state index in [4.69, 9.17) is 5.02 Å². The summed E-state index contributed by atoms with van der Waals surface area (Å²) >= 11 is 0. The largest absolute Gasteiger partial charge is 0.461 e. The predicted octanol–water partition coefficient (Wildman–Crippen LogP) is 2.42. The minimum Gasteiger partial charge on any atom is -0.461 e. The van der Waals surface area contributed by atoms with Crippen LogP contribution in [0.25, 0.3) is 11.1 Å². The summed E-state index contributed by atoms with van der Waals surface area (Å²) in [5.74, 6) is 0. The van der Waals surface area contributed by atoms with Crippen molar-refractivity contribution in [2.75, 3.05) is 0 Å². The van der Waals surface area contributed by atoms with Crippen molar-refractivity contribution in [3.8, 4) is 11.1 Å². The highest BCUT2D eigenvalue weighted by molar-refractivity contribution is 5.95. The van der Waals surface area contributed by atoms with Gasteiger partial charge in [-0.3, -0.25) is 0 Å². The zero-order chi connectivity index (χ0) is 10.2. The molecule has 2 aromatic carbocycles. The van der Waals surface area contributed by atoms with Gasteiger partial charge in [0.05, 0.1) is 0 Å². The molecule has 0 unspecified atom stereocenters. The SMILES string of the molecule is [B]O.c1ccc(-c2ccccc2)cc1. The molecule has 0 aliphatic heterocycles. The summed E-state index contributed by atoms with van der Waals surface area (Å²) in [5.41, 5.74) is 2.55. The second-order valence-electron chi connectivity index (χ2n) is 2.73. The molecule has 0 aromatic heterocycles. The first-order valence-corrected chi connectivity index (χ1v) is 4.33. The van der Waals surface area contributed by atoms with Crippen LogP contribution in [0.4, 0.5) is 0 Å². The van der Waals surface area contributed by atoms with E-state index in [9.17, 15) is 0 Å². The van der Waals surface area contributed by atoms with Gasteiger partial charge >= 0.3 is 0 Å². The Morgan fingerprint density at radius 1 is 0.571 bits per heavy atom. The van der Waals surface area contributed by atoms with Gasteiger partial charge in [-0.15, -0.1) is 0 Å². The van der Waals surface area contributed by atoms with E-state index in [1.54, 1.807) is 0 Å². The van der Waals surface area contributed by atoms with Crippen LogP contribution < -0.4 is 0 Å². The minimum atomic E-state index is 1.28. The van der Waals surface area contributed by atoms with Gasteiger partial charge in [0, 0.05) is 0 Å². The van der Waals surface area contributed by atoms with E-state index < -0.39 is 0 Å². The molecule has 0 amide bonds. The first-order chi connectivity index (χ1) is 6.97. The highest BCUT2D eigenvalue weighted by atomic mass is 16.2. The topological polar surface area (TPSA) is 20.2 Å². The Kier molecular flexibility index (Phi) is 4.52. The van der Waals surface area contributed by atoms with E-state index in [0.717, 1.165) is 0 Å². The van der Waals surface area contributed by atoms with Crippen molar-refractivity contribution in [2.24, 2.45) is 0 Å². The lowest BCUT2D eigenvalue weighted by Gasteiger charge is -1.98. The summed E-state index contributed by atoms with van der Waals surface area (Å²) in [4.78, 5) is 0. The summed E-state index contributed by atoms with van der Waals surface area (Å²) in [6.07, 6.45) is 0. The zero-order valence-corrected chi connectivity index (χ0v) is 7.80. The predicted molar refractivity (Wildman–Crippen MR) is 59.9 cm³/mol. The maximum atomic E-state index is 6.50. The van der Waals surface area contributed by atoms with Crippen LogP contribution in [-0.2, 0) is 0 Å². The van der Waals surface area contributed by atoms with Gasteiger partial charge < -0.3 is 5.02 Å². The summed E-state index contributed by atoms with van der Waals surface area (Å²) in [6, 6.07) is 20.8. The fraction of sp³-hybridized carbons (Fsp3) is 0. The smallest absolute Gasteiger partial charge is 0.277 e. The molecule has 2 radical (unpaired) electrons. The van der Waals surface area contributed by atoms with Gasteiger partial charge in [0.1, 0.15) is 0 Å². The molecule has 2 rings (SSSR count). The molecule has 0 spiro atoms. The second-order valence-corrected chi connectivity index (χ2v) is 2.73. The Balaban J connectivity index is 0.000000461. The minimum absolute atomic E-state index is 1.28. The third-order valence-electron chi connectivity index (χ3n) is 1.88. The summed E-state index contributed by atoms with van der Waals surface area (Å²) in [5, 5.41) is 6.50. The Bertz CT molecular complexity index is 308. The zero-order valence-electron chi connectivity index (χ0n) is 7.80. The van der Waals surface area contributed by atoms with Crippen LogP contribution in [0, 0.1) is 0 Å². The average Bonchev–Trinajstić information content (AvgIpc) is 2.34. The van der Waals surface area contributed by atoms with E-state index in [-0.39, 0.29) is 0 Å². The van der Waals surface area contributed by atoms with Gasteiger partial charge in [-0.1, -0.05) is 60.7 Å². The number of benzene rings is 2. The van der Waals surface area contributed by atoms with Crippen molar-refractivity contribution in [3.63, 3.8) is 0 Å². The Morgan fingerprint density at radius 2 is 0.857 bits per heavy atom. The van der Waals surface area contributed by atoms with Crippen molar-refractivity contribution in [2.45, 2.75) is 0 Å². The van der Waals surface area contributed by atoms with Gasteiger partial charge in [-0.25, -0.2) is 0 Å². The normalized spacial score (nSPS) is 8.64. The fourth-order valence-electron chi connectivity index (χ4n) is 1.26. The molecular weight excluding hydrogens is 171 g/mol. The molecule has 0 atom stereocenters. The molecule has 1 N–H and O–H groups in total. The molecule has 2 heteroatoms. The lowest BCUT2D eigenvalue weighted by molar-refractivity contribution is 0.629. The average molecular weight is 182 g/mol. The molecule has 0 saturated carbocycles. The van der Waals surface area contributed by atoms with Crippen molar-refractivity contribution in [3.05, 3.63) is 60.7 Å². The third-order valence-corrected chi connectivity index (χ3v) is 1.88. The highest BCUT2D eigenvalue weighted by Crippen LogP contribution is 2.17. The van der Waals surface area contributed by atoms with Crippen LogP contribution in [-0.4, -0.2) is 13.1 Å². The molecule has 68 valence electrons. The number of hydrogen-bond acceptors (Lipinski definition) is 1. The second kappa shape index (κ2) is 6.00. The van der Waals surface area contributed by atoms with E-state index in [2.05, 4.69) is 56.6 Å². The van der Waals surface area contributed by atoms with E-state index in [0.29, 0.717) is 0 Å². The van der Waals surface area contributed by atoms with Crippen molar-refractivity contribution in [1.29, 1.82) is 0 Å². The number of hydrogen-bond donors (Lipinski definition) is 1. The first kappa shape index (κ1) is 10.5. The van der Waals surface area contributed by atoms with Gasteiger partial charge in [0.25, 0.3) is 8.05 Å². The van der Waals surface area contributed by atoms with Crippen LogP contribution in [0.2, 0.25) is 0 Å². The highest BCUT2D eigenvalue weighted by Gasteiger charge is 1.91. The summed E-state index contributed by atoms with van der Waals surface area (Å²) in [6.45, 7) is 0. The lowest BCUT2D eigenvalue weighted by atomic mass is 10.1. The van der Waals surface area contributed by atoms with Crippen molar-refractivity contribution < 1.29 is 5.02 Å². The van der Waals surface area contributed by atoms with Crippen molar-refractivity contribution in [1.82, 2.24) is 0 Å². The standard InChI is InChI=1S/C12H10.BHO/c1-3-7-11(8-4-1)12-9-5-2-6-10-12;1-2/h1-10H;2H. The summed E-state index contributed by atoms with van der Waals surface area (Å²) < 4.78 is 0. The molecule has 0 saturated heterocycles. The Hall–Kier alpha value is -1.54. The monoisotopic (exact) mass is 182 g/mol. The van der Waals surface area contributed by atoms with E-state index in [1.165, 1.54) is 11.1 Å². The summed E-state index contributed by atoms with van der Waals surface area (Å²) in [7, 11) is 3.50. The van der Waals surface area contributed by atoms with E-state index in [1.807, 2.05) is 12.1 Å². The molecule has 14 heavy (non-hydrogen) atoms. The maximum absolute atomic E-state index is 6.50. The lowest BCUT2D eigenvalue weighted by Crippen LogP contribution is -1.73. The van der Waals surface area contributed by atoms with Crippen LogP contribution >= 0.6 is 0 Å². The van der Waals surface area contributed by atoms with Crippen LogP contribution in [0.1, 0.15) is 0 Å². The molecule has 0 heterocycles. The van der Waals surface area contributed by atoms with Gasteiger partial charge in [-0.2, -0.15) is 0 Å². The molecule has 1 nitrogen and oxygen atoms in total. The fourth-order valence-corrected chi connectivity index (χ4v) is 1.26. The molecule has 0 bridgehead atoms. The van der Waals surface area contributed by atoms with Crippen LogP contribution in [0.3, 0.4) is 0 Å². The first-order valence-electron chi connectivity index (χ1n) is 4.33. The molecule has 2 aromatic rings. The Labute approximate surface area is 85.5 Å². The van der Waals surface area contributed by atoms with Gasteiger partial charge in [-0.05, 0) is 11.1 Å². The van der Waals surface area contributed by atoms with Crippen LogP contribution in [0.5, 0.6) is 0 Å². The molecule has 0 aliphatic rings.